The Morgan fingerprint density at radius 2 is 2.26 bits per heavy atom. The number of hydrogen-bond acceptors (Lipinski definition) is 6. The Hall–Kier alpha value is -2.74. The van der Waals surface area contributed by atoms with Crippen molar-refractivity contribution in [1.29, 1.82) is 0 Å². The number of halogens is 1. The first-order chi connectivity index (χ1) is 11.2. The molecule has 8 heteroatoms. The van der Waals surface area contributed by atoms with Gasteiger partial charge in [-0.1, -0.05) is 6.07 Å². The van der Waals surface area contributed by atoms with Crippen LogP contribution in [0.4, 0.5) is 15.9 Å². The van der Waals surface area contributed by atoms with Crippen LogP contribution in [-0.4, -0.2) is 31.2 Å². The van der Waals surface area contributed by atoms with E-state index in [4.69, 9.17) is 4.74 Å². The van der Waals surface area contributed by atoms with Crippen LogP contribution in [0.2, 0.25) is 0 Å². The molecular weight excluding hydrogens is 301 g/mol. The third kappa shape index (κ3) is 2.57. The Labute approximate surface area is 130 Å². The number of aromatic hydroxyl groups is 1. The summed E-state index contributed by atoms with van der Waals surface area (Å²) in [5.74, 6) is 0.348. The molecule has 2 aromatic heterocycles. The molecule has 0 spiro atoms. The Kier molecular flexibility index (Phi) is 3.30. The van der Waals surface area contributed by atoms with E-state index in [1.165, 1.54) is 6.07 Å². The molecule has 0 radical (unpaired) electrons. The summed E-state index contributed by atoms with van der Waals surface area (Å²) in [6, 6.07) is 6.48. The number of benzene rings is 1. The van der Waals surface area contributed by atoms with Gasteiger partial charge in [0.2, 0.25) is 0 Å². The topological polar surface area (TPSA) is 85.1 Å². The summed E-state index contributed by atoms with van der Waals surface area (Å²) in [7, 11) is 0. The van der Waals surface area contributed by atoms with Gasteiger partial charge in [0.25, 0.3) is 0 Å². The monoisotopic (exact) mass is 315 g/mol. The van der Waals surface area contributed by atoms with Crippen molar-refractivity contribution in [1.82, 2.24) is 19.5 Å². The van der Waals surface area contributed by atoms with Gasteiger partial charge in [0, 0.05) is 18.4 Å². The first-order valence-corrected chi connectivity index (χ1v) is 7.28. The number of rotatable bonds is 3. The summed E-state index contributed by atoms with van der Waals surface area (Å²) in [5.41, 5.74) is 1.41. The SMILES string of the molecule is Oc1cccc(Nc2nc(F)nc3c2ncn3C2CCCO2)c1. The zero-order chi connectivity index (χ0) is 15.8. The molecular formula is C15H14FN5O2. The molecule has 1 aromatic carbocycles. The van der Waals surface area contributed by atoms with Gasteiger partial charge in [-0.05, 0) is 25.0 Å². The second kappa shape index (κ2) is 5.47. The second-order valence-corrected chi connectivity index (χ2v) is 5.31. The van der Waals surface area contributed by atoms with Crippen molar-refractivity contribution >= 4 is 22.7 Å². The third-order valence-corrected chi connectivity index (χ3v) is 3.72. The highest BCUT2D eigenvalue weighted by atomic mass is 19.1. The minimum atomic E-state index is -0.847. The lowest BCUT2D eigenvalue weighted by molar-refractivity contribution is 0.0592. The number of phenolic OH excluding ortho intramolecular Hbond substituents is 1. The highest BCUT2D eigenvalue weighted by Crippen LogP contribution is 2.29. The molecule has 0 aliphatic carbocycles. The van der Waals surface area contributed by atoms with Crippen LogP contribution >= 0.6 is 0 Å². The fourth-order valence-corrected chi connectivity index (χ4v) is 2.69. The van der Waals surface area contributed by atoms with E-state index >= 15 is 0 Å². The van der Waals surface area contributed by atoms with Crippen molar-refractivity contribution in [2.24, 2.45) is 0 Å². The Morgan fingerprint density at radius 3 is 3.04 bits per heavy atom. The fourth-order valence-electron chi connectivity index (χ4n) is 2.69. The van der Waals surface area contributed by atoms with Crippen molar-refractivity contribution in [3.8, 4) is 5.75 Å². The highest BCUT2D eigenvalue weighted by Gasteiger charge is 2.22. The Bertz CT molecular complexity index is 860. The van der Waals surface area contributed by atoms with Crippen LogP contribution in [0.5, 0.6) is 5.75 Å². The van der Waals surface area contributed by atoms with E-state index in [1.54, 1.807) is 29.1 Å². The molecule has 3 heterocycles. The van der Waals surface area contributed by atoms with Gasteiger partial charge in [0.15, 0.2) is 17.0 Å². The smallest absolute Gasteiger partial charge is 0.312 e. The largest absolute Gasteiger partial charge is 0.508 e. The summed E-state index contributed by atoms with van der Waals surface area (Å²) in [4.78, 5) is 11.9. The van der Waals surface area contributed by atoms with Crippen LogP contribution < -0.4 is 5.32 Å². The average Bonchev–Trinajstić information content (AvgIpc) is 3.15. The highest BCUT2D eigenvalue weighted by molar-refractivity contribution is 5.85. The first-order valence-electron chi connectivity index (χ1n) is 7.28. The molecule has 1 saturated heterocycles. The van der Waals surface area contributed by atoms with Gasteiger partial charge in [-0.15, -0.1) is 0 Å². The molecule has 1 aliphatic rings. The van der Waals surface area contributed by atoms with Crippen LogP contribution in [0, 0.1) is 6.08 Å². The standard InChI is InChI=1S/C15H14FN5O2/c16-15-19-13(18-9-3-1-4-10(22)7-9)12-14(20-15)21(8-17-12)11-5-2-6-23-11/h1,3-4,7-8,11,22H,2,5-6H2,(H,18,19,20). The molecule has 23 heavy (non-hydrogen) atoms. The molecule has 3 aromatic rings. The maximum atomic E-state index is 13.8. The quantitative estimate of drug-likeness (QED) is 0.723. The number of aromatic nitrogens is 4. The van der Waals surface area contributed by atoms with Crippen LogP contribution in [0.15, 0.2) is 30.6 Å². The third-order valence-electron chi connectivity index (χ3n) is 3.72. The van der Waals surface area contributed by atoms with Crippen LogP contribution in [0.3, 0.4) is 0 Å². The van der Waals surface area contributed by atoms with E-state index in [1.807, 2.05) is 0 Å². The number of phenols is 1. The molecule has 1 fully saturated rings. The molecule has 0 amide bonds. The van der Waals surface area contributed by atoms with Crippen LogP contribution in [0.25, 0.3) is 11.2 Å². The molecule has 1 atom stereocenters. The van der Waals surface area contributed by atoms with Crippen molar-refractivity contribution in [2.75, 3.05) is 11.9 Å². The lowest BCUT2D eigenvalue weighted by Gasteiger charge is -2.12. The van der Waals surface area contributed by atoms with E-state index < -0.39 is 6.08 Å². The van der Waals surface area contributed by atoms with Gasteiger partial charge >= 0.3 is 6.08 Å². The van der Waals surface area contributed by atoms with E-state index in [9.17, 15) is 9.50 Å². The van der Waals surface area contributed by atoms with Crippen LogP contribution in [0.1, 0.15) is 19.1 Å². The molecule has 1 unspecified atom stereocenters. The van der Waals surface area contributed by atoms with Crippen molar-refractivity contribution in [3.05, 3.63) is 36.7 Å². The number of ether oxygens (including phenoxy) is 1. The fraction of sp³-hybridized carbons (Fsp3) is 0.267. The van der Waals surface area contributed by atoms with E-state index in [0.29, 0.717) is 23.5 Å². The van der Waals surface area contributed by atoms with Crippen molar-refractivity contribution in [2.45, 2.75) is 19.1 Å². The molecule has 0 saturated carbocycles. The normalized spacial score (nSPS) is 17.7. The van der Waals surface area contributed by atoms with Gasteiger partial charge in [0.1, 0.15) is 12.0 Å². The van der Waals surface area contributed by atoms with Crippen molar-refractivity contribution < 1.29 is 14.2 Å². The zero-order valence-corrected chi connectivity index (χ0v) is 12.1. The molecule has 4 rings (SSSR count). The predicted molar refractivity (Wildman–Crippen MR) is 80.9 cm³/mol. The van der Waals surface area contributed by atoms with Gasteiger partial charge in [0.05, 0.1) is 6.33 Å². The van der Waals surface area contributed by atoms with Crippen molar-refractivity contribution in [3.63, 3.8) is 0 Å². The lowest BCUT2D eigenvalue weighted by atomic mass is 10.3. The maximum Gasteiger partial charge on any atom is 0.312 e. The Balaban J connectivity index is 1.77. The minimum absolute atomic E-state index is 0.102. The second-order valence-electron chi connectivity index (χ2n) is 5.31. The number of fused-ring (bicyclic) bond motifs is 1. The van der Waals surface area contributed by atoms with Crippen LogP contribution in [-0.2, 0) is 4.74 Å². The lowest BCUT2D eigenvalue weighted by Crippen LogP contribution is -2.08. The van der Waals surface area contributed by atoms with Gasteiger partial charge < -0.3 is 15.2 Å². The molecule has 7 nitrogen and oxygen atoms in total. The zero-order valence-electron chi connectivity index (χ0n) is 12.1. The van der Waals surface area contributed by atoms with Gasteiger partial charge in [-0.3, -0.25) is 4.57 Å². The number of hydrogen-bond donors (Lipinski definition) is 2. The Morgan fingerprint density at radius 1 is 1.35 bits per heavy atom. The van der Waals surface area contributed by atoms with E-state index in [0.717, 1.165) is 12.8 Å². The van der Waals surface area contributed by atoms with Gasteiger partial charge in [-0.2, -0.15) is 14.4 Å². The molecule has 118 valence electrons. The van der Waals surface area contributed by atoms with E-state index in [2.05, 4.69) is 20.3 Å². The number of nitrogens with one attached hydrogen (secondary N) is 1. The van der Waals surface area contributed by atoms with Gasteiger partial charge in [-0.25, -0.2) is 4.98 Å². The minimum Gasteiger partial charge on any atom is -0.508 e. The molecule has 0 bridgehead atoms. The summed E-state index contributed by atoms with van der Waals surface area (Å²) in [6.07, 6.45) is 2.35. The summed E-state index contributed by atoms with van der Waals surface area (Å²) >= 11 is 0. The number of nitrogens with zero attached hydrogens (tertiary/aromatic N) is 4. The predicted octanol–water partition coefficient (Wildman–Crippen LogP) is 2.72. The first kappa shape index (κ1) is 13.9. The molecule has 2 N–H and O–H groups in total. The number of anilines is 2. The number of imidazole rings is 1. The summed E-state index contributed by atoms with van der Waals surface area (Å²) in [5, 5.41) is 12.5. The maximum absolute atomic E-state index is 13.8. The average molecular weight is 315 g/mol. The summed E-state index contributed by atoms with van der Waals surface area (Å²) in [6.45, 7) is 0.673. The molecule has 1 aliphatic heterocycles. The summed E-state index contributed by atoms with van der Waals surface area (Å²) < 4.78 is 21.2. The van der Waals surface area contributed by atoms with E-state index in [-0.39, 0.29) is 17.8 Å².